The van der Waals surface area contributed by atoms with E-state index in [1.165, 1.54) is 4.68 Å². The Bertz CT molecular complexity index is 1030. The zero-order valence-corrected chi connectivity index (χ0v) is 16.4. The number of hydrogen-bond donors (Lipinski definition) is 1. The predicted molar refractivity (Wildman–Crippen MR) is 103 cm³/mol. The van der Waals surface area contributed by atoms with Crippen LogP contribution in [0.3, 0.4) is 0 Å². The van der Waals surface area contributed by atoms with Crippen molar-refractivity contribution >= 4 is 5.91 Å². The molecule has 0 radical (unpaired) electrons. The van der Waals surface area contributed by atoms with Crippen molar-refractivity contribution in [3.8, 4) is 11.3 Å². The van der Waals surface area contributed by atoms with E-state index in [1.54, 1.807) is 6.07 Å². The number of nitrogens with zero attached hydrogens (tertiary/aromatic N) is 3. The molecule has 0 atom stereocenters. The van der Waals surface area contributed by atoms with Gasteiger partial charge in [-0.15, -0.1) is 0 Å². The molecule has 4 rings (SSSR count). The SMILES string of the molecule is Cc1ccc(-c2cc(C(=O)NCCCn3nc(C(F)(F)F)cc3C3CC3)no2)cc1. The smallest absolute Gasteiger partial charge is 0.355 e. The van der Waals surface area contributed by atoms with Gasteiger partial charge in [0.2, 0.25) is 0 Å². The zero-order chi connectivity index (χ0) is 21.3. The Kier molecular flexibility index (Phi) is 5.36. The Labute approximate surface area is 171 Å². The van der Waals surface area contributed by atoms with Crippen molar-refractivity contribution in [2.45, 2.75) is 44.8 Å². The monoisotopic (exact) mass is 418 g/mol. The van der Waals surface area contributed by atoms with Gasteiger partial charge in [0.25, 0.3) is 5.91 Å². The summed E-state index contributed by atoms with van der Waals surface area (Å²) in [5.74, 6) is 0.250. The van der Waals surface area contributed by atoms with Gasteiger partial charge in [0.15, 0.2) is 17.1 Å². The number of carbonyl (C=O) groups is 1. The average molecular weight is 418 g/mol. The lowest BCUT2D eigenvalue weighted by molar-refractivity contribution is -0.141. The summed E-state index contributed by atoms with van der Waals surface area (Å²) >= 11 is 0. The Morgan fingerprint density at radius 2 is 1.97 bits per heavy atom. The van der Waals surface area contributed by atoms with E-state index in [9.17, 15) is 18.0 Å². The minimum Gasteiger partial charge on any atom is -0.355 e. The van der Waals surface area contributed by atoms with E-state index in [2.05, 4.69) is 15.6 Å². The average Bonchev–Trinajstić information content (AvgIpc) is 3.25. The van der Waals surface area contributed by atoms with Crippen molar-refractivity contribution in [1.29, 1.82) is 0 Å². The summed E-state index contributed by atoms with van der Waals surface area (Å²) in [5.41, 5.74) is 1.84. The number of nitrogens with one attached hydrogen (secondary N) is 1. The minimum atomic E-state index is -4.45. The Balaban J connectivity index is 1.31. The van der Waals surface area contributed by atoms with Gasteiger partial charge in [0, 0.05) is 36.3 Å². The molecule has 0 bridgehead atoms. The van der Waals surface area contributed by atoms with Gasteiger partial charge in [0.1, 0.15) is 0 Å². The van der Waals surface area contributed by atoms with E-state index in [0.29, 0.717) is 24.4 Å². The predicted octanol–water partition coefficient (Wildman–Crippen LogP) is 4.56. The normalized spacial score (nSPS) is 14.1. The van der Waals surface area contributed by atoms with Crippen molar-refractivity contribution in [1.82, 2.24) is 20.3 Å². The molecule has 1 aliphatic rings. The first-order chi connectivity index (χ1) is 14.3. The van der Waals surface area contributed by atoms with Gasteiger partial charge in [-0.1, -0.05) is 35.0 Å². The number of hydrogen-bond acceptors (Lipinski definition) is 4. The van der Waals surface area contributed by atoms with Crippen LogP contribution >= 0.6 is 0 Å². The van der Waals surface area contributed by atoms with E-state index in [-0.39, 0.29) is 18.2 Å². The van der Waals surface area contributed by atoms with Crippen LogP contribution < -0.4 is 5.32 Å². The molecule has 2 heterocycles. The molecule has 6 nitrogen and oxygen atoms in total. The van der Waals surface area contributed by atoms with Crippen molar-refractivity contribution in [2.75, 3.05) is 6.54 Å². The third kappa shape index (κ3) is 4.55. The maximum absolute atomic E-state index is 12.9. The fourth-order valence-corrected chi connectivity index (χ4v) is 3.21. The molecule has 0 aliphatic heterocycles. The van der Waals surface area contributed by atoms with Crippen LogP contribution in [-0.2, 0) is 12.7 Å². The minimum absolute atomic E-state index is 0.151. The number of aryl methyl sites for hydroxylation is 2. The van der Waals surface area contributed by atoms with Crippen LogP contribution in [0.15, 0.2) is 40.9 Å². The molecule has 3 aromatic rings. The lowest BCUT2D eigenvalue weighted by Gasteiger charge is -2.07. The van der Waals surface area contributed by atoms with E-state index in [4.69, 9.17) is 4.52 Å². The van der Waals surface area contributed by atoms with Crippen LogP contribution in [0, 0.1) is 6.92 Å². The molecule has 9 heteroatoms. The Hall–Kier alpha value is -3.10. The Morgan fingerprint density at radius 3 is 2.63 bits per heavy atom. The molecule has 1 fully saturated rings. The zero-order valence-electron chi connectivity index (χ0n) is 16.4. The van der Waals surface area contributed by atoms with Gasteiger partial charge in [-0.2, -0.15) is 18.3 Å². The van der Waals surface area contributed by atoms with Crippen LogP contribution in [0.4, 0.5) is 13.2 Å². The summed E-state index contributed by atoms with van der Waals surface area (Å²) in [6.07, 6.45) is -2.23. The first-order valence-corrected chi connectivity index (χ1v) is 9.78. The maximum Gasteiger partial charge on any atom is 0.435 e. The highest BCUT2D eigenvalue weighted by molar-refractivity contribution is 5.93. The third-order valence-corrected chi connectivity index (χ3v) is 5.01. The number of carbonyl (C=O) groups excluding carboxylic acids is 1. The molecular weight excluding hydrogens is 397 g/mol. The molecule has 1 aromatic carbocycles. The second-order valence-corrected chi connectivity index (χ2v) is 7.50. The lowest BCUT2D eigenvalue weighted by Crippen LogP contribution is -2.25. The van der Waals surface area contributed by atoms with Crippen LogP contribution in [0.25, 0.3) is 11.3 Å². The summed E-state index contributed by atoms with van der Waals surface area (Å²) in [6.45, 7) is 2.57. The number of alkyl halides is 3. The highest BCUT2D eigenvalue weighted by Gasteiger charge is 2.37. The van der Waals surface area contributed by atoms with E-state index < -0.39 is 17.8 Å². The summed E-state index contributed by atoms with van der Waals surface area (Å²) in [7, 11) is 0. The molecule has 158 valence electrons. The van der Waals surface area contributed by atoms with Crippen molar-refractivity contribution in [3.63, 3.8) is 0 Å². The molecule has 1 saturated carbocycles. The highest BCUT2D eigenvalue weighted by atomic mass is 19.4. The molecule has 0 unspecified atom stereocenters. The molecular formula is C21H21F3N4O2. The molecule has 2 aromatic heterocycles. The fourth-order valence-electron chi connectivity index (χ4n) is 3.21. The van der Waals surface area contributed by atoms with Gasteiger partial charge < -0.3 is 9.84 Å². The second kappa shape index (κ2) is 7.97. The summed E-state index contributed by atoms with van der Waals surface area (Å²) in [4.78, 5) is 12.3. The molecule has 0 spiro atoms. The van der Waals surface area contributed by atoms with Gasteiger partial charge in [-0.3, -0.25) is 9.48 Å². The van der Waals surface area contributed by atoms with Gasteiger partial charge in [-0.25, -0.2) is 0 Å². The summed E-state index contributed by atoms with van der Waals surface area (Å²) in [6, 6.07) is 10.3. The topological polar surface area (TPSA) is 73.0 Å². The number of halogens is 3. The van der Waals surface area contributed by atoms with Crippen LogP contribution in [0.5, 0.6) is 0 Å². The number of aromatic nitrogens is 3. The number of rotatable bonds is 7. The fraction of sp³-hybridized carbons (Fsp3) is 0.381. The van der Waals surface area contributed by atoms with Crippen molar-refractivity contribution in [2.24, 2.45) is 0 Å². The van der Waals surface area contributed by atoms with E-state index in [1.807, 2.05) is 31.2 Å². The summed E-state index contributed by atoms with van der Waals surface area (Å²) in [5, 5.41) is 10.2. The first kappa shape index (κ1) is 20.2. The van der Waals surface area contributed by atoms with Crippen molar-refractivity contribution < 1.29 is 22.5 Å². The van der Waals surface area contributed by atoms with E-state index in [0.717, 1.165) is 30.0 Å². The Morgan fingerprint density at radius 1 is 1.23 bits per heavy atom. The molecule has 1 amide bonds. The third-order valence-electron chi connectivity index (χ3n) is 5.01. The van der Waals surface area contributed by atoms with Crippen LogP contribution in [-0.4, -0.2) is 27.4 Å². The van der Waals surface area contributed by atoms with Gasteiger partial charge >= 0.3 is 6.18 Å². The van der Waals surface area contributed by atoms with Gasteiger partial charge in [-0.05, 0) is 32.3 Å². The standard InChI is InChI=1S/C21H21F3N4O2/c1-13-3-5-15(6-4-13)18-11-16(27-30-18)20(29)25-9-2-10-28-17(14-7-8-14)12-19(26-28)21(22,23)24/h3-6,11-12,14H,2,7-10H2,1H3,(H,25,29). The summed E-state index contributed by atoms with van der Waals surface area (Å²) < 4.78 is 45.5. The molecule has 1 aliphatic carbocycles. The van der Waals surface area contributed by atoms with Crippen molar-refractivity contribution in [3.05, 3.63) is 59.0 Å². The number of amides is 1. The molecule has 1 N–H and O–H groups in total. The number of benzene rings is 1. The highest BCUT2D eigenvalue weighted by Crippen LogP contribution is 2.42. The van der Waals surface area contributed by atoms with Crippen LogP contribution in [0.1, 0.15) is 52.6 Å². The van der Waals surface area contributed by atoms with Gasteiger partial charge in [0.05, 0.1) is 0 Å². The van der Waals surface area contributed by atoms with E-state index >= 15 is 0 Å². The second-order valence-electron chi connectivity index (χ2n) is 7.50. The molecule has 30 heavy (non-hydrogen) atoms. The quantitative estimate of drug-likeness (QED) is 0.571. The lowest BCUT2D eigenvalue weighted by atomic mass is 10.1. The largest absolute Gasteiger partial charge is 0.435 e. The maximum atomic E-state index is 12.9. The first-order valence-electron chi connectivity index (χ1n) is 9.78. The van der Waals surface area contributed by atoms with Crippen LogP contribution in [0.2, 0.25) is 0 Å². The molecule has 0 saturated heterocycles.